The molecule has 0 fully saturated rings. The van der Waals surface area contributed by atoms with E-state index in [2.05, 4.69) is 0 Å². The lowest BCUT2D eigenvalue weighted by Crippen LogP contribution is -2.08. The third-order valence-corrected chi connectivity index (χ3v) is 6.43. The first-order valence-corrected chi connectivity index (χ1v) is 11.2. The highest BCUT2D eigenvalue weighted by atomic mass is 31.2. The minimum atomic E-state index is -4.11. The van der Waals surface area contributed by atoms with Gasteiger partial charge in [0, 0.05) is 5.56 Å². The van der Waals surface area contributed by atoms with Gasteiger partial charge in [-0.15, -0.1) is 0 Å². The smallest absolute Gasteiger partial charge is 0.298 e. The number of hydrogen-bond acceptors (Lipinski definition) is 4. The summed E-state index contributed by atoms with van der Waals surface area (Å²) in [5.74, 6) is 0. The van der Waals surface area contributed by atoms with E-state index in [1.807, 2.05) is 91.0 Å². The van der Waals surface area contributed by atoms with Crippen molar-refractivity contribution in [1.29, 1.82) is 0 Å². The van der Waals surface area contributed by atoms with Gasteiger partial charge in [0.15, 0.2) is 0 Å². The fourth-order valence-corrected chi connectivity index (χ4v) is 4.62. The van der Waals surface area contributed by atoms with Gasteiger partial charge in [0.05, 0.1) is 13.2 Å². The Bertz CT molecular complexity index is 1140. The molecule has 4 nitrogen and oxygen atoms in total. The summed E-state index contributed by atoms with van der Waals surface area (Å²) >= 11 is 0. The van der Waals surface area contributed by atoms with E-state index < -0.39 is 13.1 Å². The number of carbonyl (C=O) groups excluding carboxylic acids is 1. The van der Waals surface area contributed by atoms with Crippen LogP contribution in [0.3, 0.4) is 0 Å². The molecule has 0 N–H and O–H groups in total. The first-order valence-electron chi connectivity index (χ1n) is 9.65. The van der Waals surface area contributed by atoms with E-state index in [-0.39, 0.29) is 13.2 Å². The summed E-state index contributed by atoms with van der Waals surface area (Å²) in [5, 5.41) is 1.61. The number of carbonyl (C=O) groups is 1. The maximum Gasteiger partial charge on any atom is 0.402 e. The van der Waals surface area contributed by atoms with Gasteiger partial charge < -0.3 is 0 Å². The van der Waals surface area contributed by atoms with Crippen LogP contribution in [0.15, 0.2) is 103 Å². The van der Waals surface area contributed by atoms with Gasteiger partial charge in [-0.1, -0.05) is 103 Å². The Morgan fingerprint density at radius 1 is 0.633 bits per heavy atom. The first-order chi connectivity index (χ1) is 14.7. The molecule has 4 rings (SSSR count). The molecule has 0 aliphatic rings. The van der Waals surface area contributed by atoms with Crippen molar-refractivity contribution in [3.8, 4) is 0 Å². The highest BCUT2D eigenvalue weighted by molar-refractivity contribution is 7.72. The van der Waals surface area contributed by atoms with Gasteiger partial charge in [-0.2, -0.15) is 0 Å². The highest BCUT2D eigenvalue weighted by Crippen LogP contribution is 2.53. The standard InChI is InChI=1S/C25H21O4P/c26-25(24-17-9-15-22-14-7-8-16-23(22)24)30(27,28-18-20-10-3-1-4-11-20)29-19-21-12-5-2-6-13-21/h1-17H,18-19H2. The van der Waals surface area contributed by atoms with Crippen molar-refractivity contribution in [3.05, 3.63) is 120 Å². The molecular formula is C25H21O4P. The fraction of sp³-hybridized carbons (Fsp3) is 0.0800. The highest BCUT2D eigenvalue weighted by Gasteiger charge is 2.37. The molecular weight excluding hydrogens is 395 g/mol. The molecule has 30 heavy (non-hydrogen) atoms. The van der Waals surface area contributed by atoms with Crippen molar-refractivity contribution >= 4 is 23.9 Å². The van der Waals surface area contributed by atoms with Crippen molar-refractivity contribution in [2.75, 3.05) is 0 Å². The normalized spacial score (nSPS) is 11.5. The van der Waals surface area contributed by atoms with Crippen LogP contribution in [-0.2, 0) is 26.8 Å². The quantitative estimate of drug-likeness (QED) is 0.303. The van der Waals surface area contributed by atoms with Gasteiger partial charge in [-0.3, -0.25) is 18.4 Å². The first kappa shape index (κ1) is 20.2. The van der Waals surface area contributed by atoms with Crippen molar-refractivity contribution in [1.82, 2.24) is 0 Å². The second kappa shape index (κ2) is 9.19. The topological polar surface area (TPSA) is 52.6 Å². The summed E-state index contributed by atoms with van der Waals surface area (Å²) in [6.45, 7) is 0.0346. The van der Waals surface area contributed by atoms with E-state index in [0.29, 0.717) is 5.56 Å². The minimum Gasteiger partial charge on any atom is -0.298 e. The third-order valence-electron chi connectivity index (χ3n) is 4.76. The number of benzene rings is 4. The Kier molecular flexibility index (Phi) is 6.20. The van der Waals surface area contributed by atoms with Crippen LogP contribution in [-0.4, -0.2) is 5.52 Å². The van der Waals surface area contributed by atoms with Gasteiger partial charge in [0.1, 0.15) is 0 Å². The molecule has 150 valence electrons. The van der Waals surface area contributed by atoms with Gasteiger partial charge in [-0.05, 0) is 21.9 Å². The monoisotopic (exact) mass is 416 g/mol. The molecule has 0 radical (unpaired) electrons. The van der Waals surface area contributed by atoms with Crippen molar-refractivity contribution in [2.45, 2.75) is 13.2 Å². The molecule has 4 aromatic rings. The fourth-order valence-electron chi connectivity index (χ4n) is 3.18. The summed E-state index contributed by atoms with van der Waals surface area (Å²) in [4.78, 5) is 13.4. The van der Waals surface area contributed by atoms with Crippen LogP contribution in [0.1, 0.15) is 21.5 Å². The number of hydrogen-bond donors (Lipinski definition) is 0. The van der Waals surface area contributed by atoms with Gasteiger partial charge in [-0.25, -0.2) is 0 Å². The minimum absolute atomic E-state index is 0.0173. The zero-order valence-electron chi connectivity index (χ0n) is 16.3. The SMILES string of the molecule is O=C(c1cccc2ccccc12)P(=O)(OCc1ccccc1)OCc1ccccc1. The Morgan fingerprint density at radius 3 is 1.73 bits per heavy atom. The predicted octanol–water partition coefficient (Wildman–Crippen LogP) is 6.61. The molecule has 0 aromatic heterocycles. The molecule has 0 unspecified atom stereocenters. The lowest BCUT2D eigenvalue weighted by atomic mass is 10.1. The molecule has 0 aliphatic carbocycles. The summed E-state index contributed by atoms with van der Waals surface area (Å²) in [6, 6.07) is 31.5. The number of rotatable bonds is 8. The van der Waals surface area contributed by atoms with Crippen LogP contribution < -0.4 is 0 Å². The Morgan fingerprint density at radius 2 is 1.13 bits per heavy atom. The zero-order chi connectivity index (χ0) is 20.8. The maximum atomic E-state index is 13.7. The van der Waals surface area contributed by atoms with E-state index in [1.165, 1.54) is 0 Å². The second-order valence-corrected chi connectivity index (χ2v) is 8.76. The molecule has 4 aromatic carbocycles. The molecule has 5 heteroatoms. The van der Waals surface area contributed by atoms with E-state index in [4.69, 9.17) is 9.05 Å². The molecule has 0 spiro atoms. The van der Waals surface area contributed by atoms with Gasteiger partial charge >= 0.3 is 7.60 Å². The summed E-state index contributed by atoms with van der Waals surface area (Å²) in [6.07, 6.45) is 0. The molecule has 0 heterocycles. The van der Waals surface area contributed by atoms with E-state index in [1.54, 1.807) is 12.1 Å². The van der Waals surface area contributed by atoms with E-state index >= 15 is 0 Å². The summed E-state index contributed by atoms with van der Waals surface area (Å²) in [5.41, 5.74) is 1.32. The molecule has 0 saturated carbocycles. The molecule has 0 bridgehead atoms. The Labute approximate surface area is 175 Å². The van der Waals surface area contributed by atoms with Crippen LogP contribution >= 0.6 is 7.60 Å². The lowest BCUT2D eigenvalue weighted by molar-refractivity contribution is 0.0984. The predicted molar refractivity (Wildman–Crippen MR) is 118 cm³/mol. The summed E-state index contributed by atoms with van der Waals surface area (Å²) in [7, 11) is -4.11. The summed E-state index contributed by atoms with van der Waals surface area (Å²) < 4.78 is 25.1. The zero-order valence-corrected chi connectivity index (χ0v) is 17.2. The van der Waals surface area contributed by atoms with Crippen molar-refractivity contribution in [2.24, 2.45) is 0 Å². The second-order valence-electron chi connectivity index (χ2n) is 6.85. The molecule has 0 atom stereocenters. The van der Waals surface area contributed by atoms with Crippen molar-refractivity contribution in [3.63, 3.8) is 0 Å². The Hall–Kier alpha value is -3.04. The maximum absolute atomic E-state index is 13.7. The lowest BCUT2D eigenvalue weighted by Gasteiger charge is -2.18. The Balaban J connectivity index is 1.66. The van der Waals surface area contributed by atoms with E-state index in [9.17, 15) is 9.36 Å². The average Bonchev–Trinajstić information content (AvgIpc) is 2.82. The van der Waals surface area contributed by atoms with Gasteiger partial charge in [0.25, 0.3) is 5.52 Å². The third kappa shape index (κ3) is 4.58. The van der Waals surface area contributed by atoms with Crippen LogP contribution in [0, 0.1) is 0 Å². The largest absolute Gasteiger partial charge is 0.402 e. The average molecular weight is 416 g/mol. The number of fused-ring (bicyclic) bond motifs is 1. The van der Waals surface area contributed by atoms with Gasteiger partial charge in [0.2, 0.25) is 0 Å². The van der Waals surface area contributed by atoms with E-state index in [0.717, 1.165) is 21.9 Å². The van der Waals surface area contributed by atoms with Crippen LogP contribution in [0.4, 0.5) is 0 Å². The molecule has 0 aliphatic heterocycles. The van der Waals surface area contributed by atoms with Crippen molar-refractivity contribution < 1.29 is 18.4 Å². The molecule has 0 saturated heterocycles. The molecule has 0 amide bonds. The van der Waals surface area contributed by atoms with Crippen LogP contribution in [0.2, 0.25) is 0 Å². The van der Waals surface area contributed by atoms with Crippen LogP contribution in [0.25, 0.3) is 10.8 Å². The van der Waals surface area contributed by atoms with Crippen LogP contribution in [0.5, 0.6) is 0 Å².